The van der Waals surface area contributed by atoms with E-state index in [0.29, 0.717) is 0 Å². The summed E-state index contributed by atoms with van der Waals surface area (Å²) >= 11 is 0. The minimum atomic E-state index is -0.459. The molecule has 96 valence electrons. The molecule has 1 fully saturated rings. The van der Waals surface area contributed by atoms with Crippen molar-refractivity contribution in [1.82, 2.24) is 5.32 Å². The van der Waals surface area contributed by atoms with E-state index in [9.17, 15) is 14.9 Å². The van der Waals surface area contributed by atoms with Gasteiger partial charge >= 0.3 is 0 Å². The van der Waals surface area contributed by atoms with Crippen LogP contribution in [0.15, 0.2) is 24.3 Å². The lowest BCUT2D eigenvalue weighted by Gasteiger charge is -2.17. The van der Waals surface area contributed by atoms with E-state index in [2.05, 4.69) is 5.32 Å². The number of benzene rings is 1. The van der Waals surface area contributed by atoms with Crippen LogP contribution in [0.3, 0.4) is 0 Å². The van der Waals surface area contributed by atoms with Gasteiger partial charge < -0.3 is 5.32 Å². The van der Waals surface area contributed by atoms with Crippen molar-refractivity contribution in [1.29, 1.82) is 0 Å². The van der Waals surface area contributed by atoms with Crippen LogP contribution in [-0.4, -0.2) is 16.9 Å². The van der Waals surface area contributed by atoms with E-state index >= 15 is 0 Å². The molecule has 2 rings (SSSR count). The van der Waals surface area contributed by atoms with E-state index < -0.39 is 10.3 Å². The number of nitro benzene ring substituents is 1. The fourth-order valence-electron chi connectivity index (χ4n) is 2.07. The Morgan fingerprint density at radius 3 is 2.28 bits per heavy atom. The van der Waals surface area contributed by atoms with Crippen molar-refractivity contribution in [3.63, 3.8) is 0 Å². The van der Waals surface area contributed by atoms with Gasteiger partial charge in [-0.3, -0.25) is 14.9 Å². The van der Waals surface area contributed by atoms with Crippen LogP contribution < -0.4 is 5.32 Å². The van der Waals surface area contributed by atoms with Crippen molar-refractivity contribution in [2.75, 3.05) is 0 Å². The predicted molar refractivity (Wildman–Crippen MR) is 67.3 cm³/mol. The maximum absolute atomic E-state index is 12.1. The summed E-state index contributed by atoms with van der Waals surface area (Å²) in [5.74, 6) is 0.0198. The Bertz CT molecular complexity index is 476. The van der Waals surface area contributed by atoms with E-state index in [4.69, 9.17) is 0 Å². The zero-order chi connectivity index (χ0) is 13.3. The van der Waals surface area contributed by atoms with Gasteiger partial charge in [-0.2, -0.15) is 0 Å². The highest BCUT2D eigenvalue weighted by Crippen LogP contribution is 2.48. The maximum Gasteiger partial charge on any atom is 0.269 e. The zero-order valence-electron chi connectivity index (χ0n) is 10.5. The van der Waals surface area contributed by atoms with Crippen LogP contribution in [0.5, 0.6) is 0 Å². The molecular formula is C13H16N2O3. The molecular weight excluding hydrogens is 232 g/mol. The number of non-ortho nitro benzene ring substituents is 1. The maximum atomic E-state index is 12.1. The van der Waals surface area contributed by atoms with Crippen LogP contribution in [0.2, 0.25) is 0 Å². The van der Waals surface area contributed by atoms with Crippen molar-refractivity contribution < 1.29 is 9.72 Å². The lowest BCUT2D eigenvalue weighted by Crippen LogP contribution is -2.38. The molecule has 1 saturated carbocycles. The van der Waals surface area contributed by atoms with Crippen molar-refractivity contribution >= 4 is 11.6 Å². The number of nitrogens with zero attached hydrogens (tertiary/aromatic N) is 1. The second kappa shape index (κ2) is 4.40. The zero-order valence-corrected chi connectivity index (χ0v) is 10.5. The summed E-state index contributed by atoms with van der Waals surface area (Å²) in [5, 5.41) is 13.5. The topological polar surface area (TPSA) is 72.2 Å². The Labute approximate surface area is 105 Å². The molecule has 1 N–H and O–H groups in total. The molecule has 18 heavy (non-hydrogen) atoms. The molecule has 0 spiro atoms. The molecule has 1 aromatic carbocycles. The second-order valence-corrected chi connectivity index (χ2v) is 5.01. The lowest BCUT2D eigenvalue weighted by molar-refractivity contribution is -0.384. The molecule has 0 saturated heterocycles. The largest absolute Gasteiger partial charge is 0.353 e. The first-order valence-electron chi connectivity index (χ1n) is 6.01. The molecule has 0 heterocycles. The van der Waals surface area contributed by atoms with Gasteiger partial charge in [-0.25, -0.2) is 0 Å². The third-order valence-electron chi connectivity index (χ3n) is 3.24. The van der Waals surface area contributed by atoms with Gasteiger partial charge in [-0.05, 0) is 32.3 Å². The van der Waals surface area contributed by atoms with Crippen LogP contribution in [0.1, 0.15) is 32.3 Å². The van der Waals surface area contributed by atoms with Crippen LogP contribution in [0.25, 0.3) is 0 Å². The highest BCUT2D eigenvalue weighted by molar-refractivity contribution is 5.91. The Morgan fingerprint density at radius 1 is 1.33 bits per heavy atom. The molecule has 0 bridgehead atoms. The van der Waals surface area contributed by atoms with Gasteiger partial charge in [-0.15, -0.1) is 0 Å². The van der Waals surface area contributed by atoms with Gasteiger partial charge in [0.15, 0.2) is 0 Å². The molecule has 0 atom stereocenters. The summed E-state index contributed by atoms with van der Waals surface area (Å²) in [4.78, 5) is 22.3. The molecule has 1 aliphatic rings. The van der Waals surface area contributed by atoms with Crippen LogP contribution in [0.4, 0.5) is 5.69 Å². The van der Waals surface area contributed by atoms with Crippen molar-refractivity contribution in [3.05, 3.63) is 39.9 Å². The Balaban J connectivity index is 2.20. The smallest absolute Gasteiger partial charge is 0.269 e. The van der Waals surface area contributed by atoms with E-state index in [-0.39, 0.29) is 17.6 Å². The number of carbonyl (C=O) groups is 1. The molecule has 0 aliphatic heterocycles. The Kier molecular flexibility index (Phi) is 3.07. The van der Waals surface area contributed by atoms with E-state index in [1.807, 2.05) is 13.8 Å². The van der Waals surface area contributed by atoms with Crippen LogP contribution in [-0.2, 0) is 10.2 Å². The summed E-state index contributed by atoms with van der Waals surface area (Å²) in [5.41, 5.74) is 0.462. The molecule has 5 heteroatoms. The minimum absolute atomic E-state index is 0.0198. The predicted octanol–water partition coefficient (Wildman–Crippen LogP) is 2.15. The first-order valence-corrected chi connectivity index (χ1v) is 6.01. The van der Waals surface area contributed by atoms with Crippen molar-refractivity contribution in [2.45, 2.75) is 38.1 Å². The molecule has 0 radical (unpaired) electrons. The van der Waals surface area contributed by atoms with Crippen molar-refractivity contribution in [2.24, 2.45) is 0 Å². The average molecular weight is 248 g/mol. The van der Waals surface area contributed by atoms with Gasteiger partial charge in [0, 0.05) is 18.2 Å². The summed E-state index contributed by atoms with van der Waals surface area (Å²) in [6.45, 7) is 3.84. The summed E-state index contributed by atoms with van der Waals surface area (Å²) in [6, 6.07) is 6.39. The quantitative estimate of drug-likeness (QED) is 0.655. The van der Waals surface area contributed by atoms with Gasteiger partial charge in [0.05, 0.1) is 10.3 Å². The third-order valence-corrected chi connectivity index (χ3v) is 3.24. The molecule has 0 unspecified atom stereocenters. The summed E-state index contributed by atoms with van der Waals surface area (Å²) in [6.07, 6.45) is 1.62. The van der Waals surface area contributed by atoms with Gasteiger partial charge in [0.1, 0.15) is 0 Å². The molecule has 1 amide bonds. The van der Waals surface area contributed by atoms with E-state index in [1.165, 1.54) is 12.1 Å². The standard InChI is InChI=1S/C13H16N2O3/c1-9(2)14-12(16)13(7-8-13)10-3-5-11(6-4-10)15(17)18/h3-6,9H,7-8H2,1-2H3,(H,14,16). The number of amides is 1. The number of nitro groups is 1. The number of rotatable bonds is 4. The number of carbonyl (C=O) groups excluding carboxylic acids is 1. The fourth-order valence-corrected chi connectivity index (χ4v) is 2.07. The fraction of sp³-hybridized carbons (Fsp3) is 0.462. The normalized spacial score (nSPS) is 16.4. The highest BCUT2D eigenvalue weighted by atomic mass is 16.6. The average Bonchev–Trinajstić information content (AvgIpc) is 3.09. The van der Waals surface area contributed by atoms with E-state index in [1.54, 1.807) is 12.1 Å². The number of nitrogens with one attached hydrogen (secondary N) is 1. The van der Waals surface area contributed by atoms with Crippen molar-refractivity contribution in [3.8, 4) is 0 Å². The monoisotopic (exact) mass is 248 g/mol. The Morgan fingerprint density at radius 2 is 1.89 bits per heavy atom. The molecule has 1 aliphatic carbocycles. The van der Waals surface area contributed by atoms with Crippen LogP contribution >= 0.6 is 0 Å². The van der Waals surface area contributed by atoms with Gasteiger partial charge in [0.25, 0.3) is 5.69 Å². The SMILES string of the molecule is CC(C)NC(=O)C1(c2ccc([N+](=O)[O-])cc2)CC1. The molecule has 1 aromatic rings. The van der Waals surface area contributed by atoms with Crippen LogP contribution in [0, 0.1) is 10.1 Å². The minimum Gasteiger partial charge on any atom is -0.353 e. The van der Waals surface area contributed by atoms with E-state index in [0.717, 1.165) is 18.4 Å². The lowest BCUT2D eigenvalue weighted by atomic mass is 9.94. The third kappa shape index (κ3) is 2.20. The number of hydrogen-bond acceptors (Lipinski definition) is 3. The molecule has 5 nitrogen and oxygen atoms in total. The first-order chi connectivity index (χ1) is 8.45. The van der Waals surface area contributed by atoms with Gasteiger partial charge in [-0.1, -0.05) is 12.1 Å². The summed E-state index contributed by atoms with van der Waals surface area (Å²) < 4.78 is 0. The molecule has 0 aromatic heterocycles. The van der Waals surface area contributed by atoms with Gasteiger partial charge in [0.2, 0.25) is 5.91 Å². The summed E-state index contributed by atoms with van der Waals surface area (Å²) in [7, 11) is 0. The number of hydrogen-bond donors (Lipinski definition) is 1. The highest BCUT2D eigenvalue weighted by Gasteiger charge is 2.51. The second-order valence-electron chi connectivity index (χ2n) is 5.01. The first kappa shape index (κ1) is 12.5. The Hall–Kier alpha value is -1.91.